The maximum Gasteiger partial charge on any atom is 0.268 e. The first-order valence-corrected chi connectivity index (χ1v) is 5.91. The molecule has 0 aromatic carbocycles. The smallest absolute Gasteiger partial charge is 0.268 e. The highest BCUT2D eigenvalue weighted by molar-refractivity contribution is 6.33. The standard InChI is InChI=1S/C13H13N3O2/c1-7(2)13(3)12(18)16-10(15-13)9-8(11(16)17)5-4-6-14-9/h4-7H,1-3H3. The molecule has 0 fully saturated rings. The molecule has 0 saturated heterocycles. The monoisotopic (exact) mass is 243 g/mol. The zero-order valence-corrected chi connectivity index (χ0v) is 10.5. The van der Waals surface area contributed by atoms with Crippen molar-refractivity contribution in [2.45, 2.75) is 26.3 Å². The van der Waals surface area contributed by atoms with Gasteiger partial charge in [0.2, 0.25) is 0 Å². The molecule has 0 bridgehead atoms. The fourth-order valence-corrected chi connectivity index (χ4v) is 2.24. The third-order valence-electron chi connectivity index (χ3n) is 3.76. The fraction of sp³-hybridized carbons (Fsp3) is 0.385. The number of hydrogen-bond donors (Lipinski definition) is 0. The molecule has 0 aliphatic carbocycles. The Hall–Kier alpha value is -2.04. The van der Waals surface area contributed by atoms with E-state index in [0.29, 0.717) is 17.1 Å². The van der Waals surface area contributed by atoms with E-state index < -0.39 is 5.54 Å². The SMILES string of the molecule is CC(C)C1(C)N=C2c3ncccc3C(=O)N2C1=O. The topological polar surface area (TPSA) is 62.6 Å². The minimum absolute atomic E-state index is 0.0306. The molecule has 2 aliphatic rings. The van der Waals surface area contributed by atoms with Crippen molar-refractivity contribution in [3.63, 3.8) is 0 Å². The van der Waals surface area contributed by atoms with Crippen LogP contribution >= 0.6 is 0 Å². The molecule has 3 heterocycles. The maximum atomic E-state index is 12.4. The second-order valence-electron chi connectivity index (χ2n) is 5.08. The molecule has 5 heteroatoms. The normalized spacial score (nSPS) is 25.6. The summed E-state index contributed by atoms with van der Waals surface area (Å²) in [4.78, 5) is 34.4. The van der Waals surface area contributed by atoms with Crippen LogP contribution in [0.15, 0.2) is 23.3 Å². The molecule has 2 amide bonds. The van der Waals surface area contributed by atoms with Gasteiger partial charge in [-0.3, -0.25) is 14.6 Å². The number of amidine groups is 1. The van der Waals surface area contributed by atoms with Gasteiger partial charge in [-0.2, -0.15) is 0 Å². The van der Waals surface area contributed by atoms with Crippen LogP contribution in [0.3, 0.4) is 0 Å². The van der Waals surface area contributed by atoms with E-state index in [9.17, 15) is 9.59 Å². The lowest BCUT2D eigenvalue weighted by Crippen LogP contribution is -2.44. The summed E-state index contributed by atoms with van der Waals surface area (Å²) in [5.74, 6) is -0.137. The van der Waals surface area contributed by atoms with Crippen LogP contribution in [-0.4, -0.2) is 33.1 Å². The summed E-state index contributed by atoms with van der Waals surface area (Å²) in [5, 5.41) is 0. The third-order valence-corrected chi connectivity index (χ3v) is 3.76. The molecule has 2 aliphatic heterocycles. The van der Waals surface area contributed by atoms with Crippen LogP contribution in [0.5, 0.6) is 0 Å². The summed E-state index contributed by atoms with van der Waals surface area (Å²) < 4.78 is 0. The van der Waals surface area contributed by atoms with E-state index >= 15 is 0 Å². The predicted molar refractivity (Wildman–Crippen MR) is 65.2 cm³/mol. The molecular formula is C13H13N3O2. The highest BCUT2D eigenvalue weighted by atomic mass is 16.2. The Bertz CT molecular complexity index is 606. The van der Waals surface area contributed by atoms with Crippen LogP contribution in [0.4, 0.5) is 0 Å². The van der Waals surface area contributed by atoms with Crippen molar-refractivity contribution >= 4 is 17.6 Å². The second kappa shape index (κ2) is 3.25. The van der Waals surface area contributed by atoms with Gasteiger partial charge in [0.15, 0.2) is 5.84 Å². The van der Waals surface area contributed by atoms with Crippen molar-refractivity contribution in [3.8, 4) is 0 Å². The van der Waals surface area contributed by atoms with E-state index in [1.165, 1.54) is 0 Å². The van der Waals surface area contributed by atoms with Crippen LogP contribution in [0.25, 0.3) is 0 Å². The molecular weight excluding hydrogens is 230 g/mol. The van der Waals surface area contributed by atoms with E-state index in [-0.39, 0.29) is 17.7 Å². The summed E-state index contributed by atoms with van der Waals surface area (Å²) in [7, 11) is 0. The van der Waals surface area contributed by atoms with Gasteiger partial charge < -0.3 is 0 Å². The third kappa shape index (κ3) is 1.11. The van der Waals surface area contributed by atoms with Gasteiger partial charge in [-0.25, -0.2) is 9.89 Å². The molecule has 0 radical (unpaired) electrons. The predicted octanol–water partition coefficient (Wildman–Crippen LogP) is 1.24. The van der Waals surface area contributed by atoms with Crippen molar-refractivity contribution < 1.29 is 9.59 Å². The van der Waals surface area contributed by atoms with Gasteiger partial charge in [-0.1, -0.05) is 13.8 Å². The minimum atomic E-state index is -0.861. The van der Waals surface area contributed by atoms with Gasteiger partial charge in [0, 0.05) is 6.20 Å². The number of imide groups is 1. The molecule has 0 spiro atoms. The average Bonchev–Trinajstić information content (AvgIpc) is 2.77. The zero-order valence-electron chi connectivity index (χ0n) is 10.5. The molecule has 3 rings (SSSR count). The summed E-state index contributed by atoms with van der Waals surface area (Å²) in [5.41, 5.74) is 0.107. The Morgan fingerprint density at radius 2 is 2.06 bits per heavy atom. The van der Waals surface area contributed by atoms with Crippen LogP contribution in [0, 0.1) is 5.92 Å². The van der Waals surface area contributed by atoms with E-state index in [4.69, 9.17) is 0 Å². The van der Waals surface area contributed by atoms with Crippen molar-refractivity contribution in [2.24, 2.45) is 10.9 Å². The number of carbonyl (C=O) groups excluding carboxylic acids is 2. The Kier molecular flexibility index (Phi) is 2.00. The number of pyridine rings is 1. The molecule has 0 saturated carbocycles. The van der Waals surface area contributed by atoms with E-state index in [1.54, 1.807) is 25.3 Å². The molecule has 1 unspecified atom stereocenters. The van der Waals surface area contributed by atoms with Crippen molar-refractivity contribution in [2.75, 3.05) is 0 Å². The number of aliphatic imine (C=N–C) groups is 1. The van der Waals surface area contributed by atoms with E-state index in [0.717, 1.165) is 4.90 Å². The van der Waals surface area contributed by atoms with Crippen molar-refractivity contribution in [1.82, 2.24) is 9.88 Å². The zero-order chi connectivity index (χ0) is 13.1. The lowest BCUT2D eigenvalue weighted by Gasteiger charge is -2.24. The highest BCUT2D eigenvalue weighted by Gasteiger charge is 2.53. The molecule has 1 aromatic rings. The number of aromatic nitrogens is 1. The first kappa shape index (κ1) is 11.1. The van der Waals surface area contributed by atoms with Gasteiger partial charge in [0.05, 0.1) is 5.56 Å². The second-order valence-corrected chi connectivity index (χ2v) is 5.08. The van der Waals surface area contributed by atoms with Crippen LogP contribution in [-0.2, 0) is 4.79 Å². The first-order chi connectivity index (χ1) is 8.47. The minimum Gasteiger partial charge on any atom is -0.271 e. The number of fused-ring (bicyclic) bond motifs is 3. The highest BCUT2D eigenvalue weighted by Crippen LogP contribution is 2.36. The van der Waals surface area contributed by atoms with Gasteiger partial charge in [0.25, 0.3) is 11.8 Å². The summed E-state index contributed by atoms with van der Waals surface area (Å²) in [6, 6.07) is 3.36. The quantitative estimate of drug-likeness (QED) is 0.697. The van der Waals surface area contributed by atoms with Crippen molar-refractivity contribution in [3.05, 3.63) is 29.6 Å². The van der Waals surface area contributed by atoms with E-state index in [1.807, 2.05) is 13.8 Å². The van der Waals surface area contributed by atoms with Crippen LogP contribution < -0.4 is 0 Å². The summed E-state index contributed by atoms with van der Waals surface area (Å²) in [6.07, 6.45) is 1.60. The summed E-state index contributed by atoms with van der Waals surface area (Å²) >= 11 is 0. The summed E-state index contributed by atoms with van der Waals surface area (Å²) in [6.45, 7) is 5.61. The number of amides is 2. The first-order valence-electron chi connectivity index (χ1n) is 5.91. The largest absolute Gasteiger partial charge is 0.271 e. The number of rotatable bonds is 1. The molecule has 1 aromatic heterocycles. The maximum absolute atomic E-state index is 12.4. The number of hydrogen-bond acceptors (Lipinski definition) is 4. The van der Waals surface area contributed by atoms with Crippen molar-refractivity contribution in [1.29, 1.82) is 0 Å². The Balaban J connectivity index is 2.22. The molecule has 5 nitrogen and oxygen atoms in total. The lowest BCUT2D eigenvalue weighted by atomic mass is 9.88. The molecule has 0 N–H and O–H groups in total. The lowest BCUT2D eigenvalue weighted by molar-refractivity contribution is -0.130. The molecule has 1 atom stereocenters. The number of carbonyl (C=O) groups is 2. The Morgan fingerprint density at radius 1 is 1.33 bits per heavy atom. The van der Waals surface area contributed by atoms with Crippen LogP contribution in [0.2, 0.25) is 0 Å². The van der Waals surface area contributed by atoms with Gasteiger partial charge in [-0.15, -0.1) is 0 Å². The van der Waals surface area contributed by atoms with Gasteiger partial charge >= 0.3 is 0 Å². The molecule has 92 valence electrons. The number of nitrogens with zero attached hydrogens (tertiary/aromatic N) is 3. The molecule has 18 heavy (non-hydrogen) atoms. The Labute approximate surface area is 105 Å². The Morgan fingerprint density at radius 3 is 2.72 bits per heavy atom. The fourth-order valence-electron chi connectivity index (χ4n) is 2.24. The average molecular weight is 243 g/mol. The van der Waals surface area contributed by atoms with Gasteiger partial charge in [0.1, 0.15) is 11.2 Å². The van der Waals surface area contributed by atoms with E-state index in [2.05, 4.69) is 9.98 Å². The van der Waals surface area contributed by atoms with Gasteiger partial charge in [-0.05, 0) is 25.0 Å². The van der Waals surface area contributed by atoms with Crippen LogP contribution in [0.1, 0.15) is 36.8 Å².